The summed E-state index contributed by atoms with van der Waals surface area (Å²) in [5, 5.41) is 0. The van der Waals surface area contributed by atoms with E-state index >= 15 is 0 Å². The average Bonchev–Trinajstić information content (AvgIpc) is 2.65. The molecule has 0 heterocycles. The number of sulfonamides is 1. The molecule has 0 saturated carbocycles. The Balaban J connectivity index is 2.27. The summed E-state index contributed by atoms with van der Waals surface area (Å²) in [6, 6.07) is 13.3. The summed E-state index contributed by atoms with van der Waals surface area (Å²) in [7, 11) is -2.61. The van der Waals surface area contributed by atoms with Crippen LogP contribution in [0.2, 0.25) is 0 Å². The first kappa shape index (κ1) is 20.1. The molecule has 7 heteroatoms. The van der Waals surface area contributed by atoms with Crippen LogP contribution in [0.4, 0.5) is 0 Å². The summed E-state index contributed by atoms with van der Waals surface area (Å²) in [6.45, 7) is 3.93. The number of hydrogen-bond acceptors (Lipinski definition) is 5. The molecule has 140 valence electrons. The number of hydrogen-bond donors (Lipinski definition) is 2. The van der Waals surface area contributed by atoms with Crippen molar-refractivity contribution in [2.45, 2.75) is 31.3 Å². The Morgan fingerprint density at radius 2 is 1.77 bits per heavy atom. The summed E-state index contributed by atoms with van der Waals surface area (Å²) in [6.07, 6.45) is 0. The van der Waals surface area contributed by atoms with Crippen molar-refractivity contribution < 1.29 is 17.9 Å². The van der Waals surface area contributed by atoms with Gasteiger partial charge in [0.25, 0.3) is 0 Å². The number of ether oxygens (including phenoxy) is 1. The first-order chi connectivity index (χ1) is 12.3. The molecule has 0 radical (unpaired) electrons. The van der Waals surface area contributed by atoms with Crippen LogP contribution < -0.4 is 10.5 Å². The van der Waals surface area contributed by atoms with Crippen LogP contribution in [0, 0.1) is 5.92 Å². The van der Waals surface area contributed by atoms with E-state index in [2.05, 4.69) is 9.46 Å². The van der Waals surface area contributed by atoms with Crippen molar-refractivity contribution >= 4 is 16.0 Å². The molecule has 1 unspecified atom stereocenters. The molecule has 0 aromatic heterocycles. The number of nitrogens with two attached hydrogens (primary N) is 1. The van der Waals surface area contributed by atoms with Crippen LogP contribution in [0.25, 0.3) is 11.1 Å². The van der Waals surface area contributed by atoms with E-state index in [0.717, 1.165) is 16.7 Å². The summed E-state index contributed by atoms with van der Waals surface area (Å²) in [5.74, 6) is -0.853. The third-order valence-corrected chi connectivity index (χ3v) is 5.52. The lowest BCUT2D eigenvalue weighted by atomic mass is 10.0. The van der Waals surface area contributed by atoms with Gasteiger partial charge in [-0.2, -0.15) is 4.72 Å². The van der Waals surface area contributed by atoms with Gasteiger partial charge in [0.2, 0.25) is 10.0 Å². The average molecular weight is 376 g/mol. The van der Waals surface area contributed by atoms with Gasteiger partial charge in [-0.1, -0.05) is 44.2 Å². The van der Waals surface area contributed by atoms with Crippen LogP contribution in [0.5, 0.6) is 0 Å². The lowest BCUT2D eigenvalue weighted by Gasteiger charge is -2.19. The fourth-order valence-electron chi connectivity index (χ4n) is 2.52. The number of rotatable bonds is 7. The lowest BCUT2D eigenvalue weighted by molar-refractivity contribution is -0.143. The second kappa shape index (κ2) is 8.44. The minimum Gasteiger partial charge on any atom is -0.468 e. The fourth-order valence-corrected chi connectivity index (χ4v) is 3.86. The highest BCUT2D eigenvalue weighted by molar-refractivity contribution is 7.89. The molecule has 2 aromatic rings. The molecule has 2 aromatic carbocycles. The van der Waals surface area contributed by atoms with Crippen molar-refractivity contribution in [3.8, 4) is 11.1 Å². The number of benzene rings is 2. The van der Waals surface area contributed by atoms with Gasteiger partial charge in [-0.3, -0.25) is 4.79 Å². The predicted octanol–water partition coefficient (Wildman–Crippen LogP) is 2.29. The minimum atomic E-state index is -3.84. The first-order valence-electron chi connectivity index (χ1n) is 8.28. The molecule has 1 atom stereocenters. The Hall–Kier alpha value is -2.22. The van der Waals surface area contributed by atoms with E-state index in [9.17, 15) is 13.2 Å². The fraction of sp³-hybridized carbons (Fsp3) is 0.316. The second-order valence-corrected chi connectivity index (χ2v) is 8.01. The zero-order chi connectivity index (χ0) is 19.3. The Bertz CT molecular complexity index is 861. The molecule has 0 saturated heterocycles. The molecule has 26 heavy (non-hydrogen) atoms. The summed E-state index contributed by atoms with van der Waals surface area (Å²) < 4.78 is 32.3. The molecule has 0 aliphatic carbocycles. The molecule has 0 spiro atoms. The van der Waals surface area contributed by atoms with Crippen molar-refractivity contribution in [3.63, 3.8) is 0 Å². The van der Waals surface area contributed by atoms with Crippen LogP contribution in [-0.2, 0) is 26.1 Å². The Labute approximate surface area is 154 Å². The van der Waals surface area contributed by atoms with E-state index < -0.39 is 22.0 Å². The molecule has 0 aliphatic rings. The normalized spacial score (nSPS) is 12.8. The van der Waals surface area contributed by atoms with E-state index in [1.165, 1.54) is 19.2 Å². The van der Waals surface area contributed by atoms with Gasteiger partial charge in [-0.15, -0.1) is 0 Å². The van der Waals surface area contributed by atoms with Gasteiger partial charge in [-0.25, -0.2) is 8.42 Å². The highest BCUT2D eigenvalue weighted by Crippen LogP contribution is 2.22. The predicted molar refractivity (Wildman–Crippen MR) is 101 cm³/mol. The topological polar surface area (TPSA) is 98.5 Å². The molecule has 0 fully saturated rings. The van der Waals surface area contributed by atoms with Gasteiger partial charge < -0.3 is 10.5 Å². The summed E-state index contributed by atoms with van der Waals surface area (Å²) >= 11 is 0. The SMILES string of the molecule is COC(=O)C(NS(=O)(=O)c1ccc(-c2cccc(CN)c2)cc1)C(C)C. The Morgan fingerprint density at radius 3 is 2.31 bits per heavy atom. The van der Waals surface area contributed by atoms with Gasteiger partial charge in [0.05, 0.1) is 12.0 Å². The van der Waals surface area contributed by atoms with Gasteiger partial charge in [0, 0.05) is 6.54 Å². The lowest BCUT2D eigenvalue weighted by Crippen LogP contribution is -2.44. The van der Waals surface area contributed by atoms with Crippen LogP contribution in [0.15, 0.2) is 53.4 Å². The zero-order valence-corrected chi connectivity index (χ0v) is 15.9. The maximum atomic E-state index is 12.6. The van der Waals surface area contributed by atoms with Crippen LogP contribution in [0.3, 0.4) is 0 Å². The molecular weight excluding hydrogens is 352 g/mol. The second-order valence-electron chi connectivity index (χ2n) is 6.30. The molecule has 0 aliphatic heterocycles. The Morgan fingerprint density at radius 1 is 1.12 bits per heavy atom. The minimum absolute atomic E-state index is 0.0887. The van der Waals surface area contributed by atoms with Gasteiger partial charge in [0.15, 0.2) is 0 Å². The molecule has 0 amide bonds. The van der Waals surface area contributed by atoms with Crippen LogP contribution in [-0.4, -0.2) is 27.5 Å². The van der Waals surface area contributed by atoms with Gasteiger partial charge in [0.1, 0.15) is 6.04 Å². The van der Waals surface area contributed by atoms with E-state index in [1.54, 1.807) is 26.0 Å². The molecule has 2 rings (SSSR count). The monoisotopic (exact) mass is 376 g/mol. The highest BCUT2D eigenvalue weighted by atomic mass is 32.2. The third kappa shape index (κ3) is 4.69. The quantitative estimate of drug-likeness (QED) is 0.723. The summed E-state index contributed by atoms with van der Waals surface area (Å²) in [5.41, 5.74) is 8.50. The third-order valence-electron chi connectivity index (χ3n) is 4.06. The van der Waals surface area contributed by atoms with E-state index in [4.69, 9.17) is 5.73 Å². The number of methoxy groups -OCH3 is 1. The van der Waals surface area contributed by atoms with Gasteiger partial charge >= 0.3 is 5.97 Å². The van der Waals surface area contributed by atoms with E-state index in [1.807, 2.05) is 24.3 Å². The number of carbonyl (C=O) groups is 1. The van der Waals surface area contributed by atoms with Crippen molar-refractivity contribution in [2.24, 2.45) is 11.7 Å². The largest absolute Gasteiger partial charge is 0.468 e. The van der Waals surface area contributed by atoms with Crippen LogP contribution in [0.1, 0.15) is 19.4 Å². The molecule has 0 bridgehead atoms. The number of esters is 1. The Kier molecular flexibility index (Phi) is 6.52. The number of carbonyl (C=O) groups excluding carboxylic acids is 1. The maximum Gasteiger partial charge on any atom is 0.324 e. The van der Waals surface area contributed by atoms with Crippen molar-refractivity contribution in [1.29, 1.82) is 0 Å². The molecule has 6 nitrogen and oxygen atoms in total. The van der Waals surface area contributed by atoms with Crippen LogP contribution >= 0.6 is 0 Å². The van der Waals surface area contributed by atoms with Crippen molar-refractivity contribution in [3.05, 3.63) is 54.1 Å². The standard InChI is InChI=1S/C19H24N2O4S/c1-13(2)18(19(22)25-3)21-26(23,24)17-9-7-15(8-10-17)16-6-4-5-14(11-16)12-20/h4-11,13,18,21H,12,20H2,1-3H3. The van der Waals surface area contributed by atoms with E-state index in [-0.39, 0.29) is 10.8 Å². The van der Waals surface area contributed by atoms with E-state index in [0.29, 0.717) is 6.54 Å². The maximum absolute atomic E-state index is 12.6. The smallest absolute Gasteiger partial charge is 0.324 e. The first-order valence-corrected chi connectivity index (χ1v) is 9.76. The van der Waals surface area contributed by atoms with Crippen molar-refractivity contribution in [1.82, 2.24) is 4.72 Å². The summed E-state index contributed by atoms with van der Waals surface area (Å²) in [4.78, 5) is 11.9. The van der Waals surface area contributed by atoms with Gasteiger partial charge in [-0.05, 0) is 40.8 Å². The molecule has 3 N–H and O–H groups in total. The number of nitrogens with one attached hydrogen (secondary N) is 1. The zero-order valence-electron chi connectivity index (χ0n) is 15.1. The molecular formula is C19H24N2O4S. The highest BCUT2D eigenvalue weighted by Gasteiger charge is 2.29. The van der Waals surface area contributed by atoms with Crippen molar-refractivity contribution in [2.75, 3.05) is 7.11 Å².